The maximum absolute atomic E-state index is 11.9. The van der Waals surface area contributed by atoms with Crippen LogP contribution in [0.4, 0.5) is 0 Å². The van der Waals surface area contributed by atoms with Crippen LogP contribution < -0.4 is 5.32 Å². The van der Waals surface area contributed by atoms with E-state index in [1.165, 1.54) is 5.56 Å². The molecule has 4 nitrogen and oxygen atoms in total. The molecular formula is C15H19N3O. The second-order valence-electron chi connectivity index (χ2n) is 4.77. The van der Waals surface area contributed by atoms with Crippen LogP contribution in [-0.2, 0) is 13.1 Å². The van der Waals surface area contributed by atoms with Crippen molar-refractivity contribution >= 4 is 5.91 Å². The van der Waals surface area contributed by atoms with Gasteiger partial charge in [0, 0.05) is 19.3 Å². The zero-order valence-corrected chi connectivity index (χ0v) is 11.3. The Hall–Kier alpha value is -2.07. The lowest BCUT2D eigenvalue weighted by molar-refractivity contribution is 0.0946. The number of hydrogen-bond acceptors (Lipinski definition) is 2. The first-order valence-corrected chi connectivity index (χ1v) is 6.30. The van der Waals surface area contributed by atoms with Crippen LogP contribution in [-0.4, -0.2) is 29.9 Å². The van der Waals surface area contributed by atoms with Crippen molar-refractivity contribution in [2.45, 2.75) is 13.1 Å². The standard InChI is InChI=1S/C15H19N3O/c1-18(2)11-13-7-4-3-6-12(13)10-17-15(19)14-8-5-9-16-14/h3-9,16H,10-11H2,1-2H3,(H,17,19). The molecule has 19 heavy (non-hydrogen) atoms. The minimum atomic E-state index is -0.0790. The van der Waals surface area contributed by atoms with Crippen molar-refractivity contribution < 1.29 is 4.79 Å². The Morgan fingerprint density at radius 2 is 1.89 bits per heavy atom. The van der Waals surface area contributed by atoms with Crippen LogP contribution in [0.3, 0.4) is 0 Å². The molecule has 0 spiro atoms. The molecule has 0 saturated heterocycles. The Morgan fingerprint density at radius 1 is 1.16 bits per heavy atom. The molecule has 0 saturated carbocycles. The normalized spacial score (nSPS) is 10.7. The number of benzene rings is 1. The van der Waals surface area contributed by atoms with Crippen LogP contribution >= 0.6 is 0 Å². The molecule has 2 rings (SSSR count). The smallest absolute Gasteiger partial charge is 0.267 e. The van der Waals surface area contributed by atoms with Gasteiger partial charge in [-0.1, -0.05) is 24.3 Å². The summed E-state index contributed by atoms with van der Waals surface area (Å²) in [6.45, 7) is 1.41. The summed E-state index contributed by atoms with van der Waals surface area (Å²) in [5.41, 5.74) is 2.97. The number of rotatable bonds is 5. The highest BCUT2D eigenvalue weighted by molar-refractivity contribution is 5.92. The van der Waals surface area contributed by atoms with Crippen molar-refractivity contribution in [1.82, 2.24) is 15.2 Å². The number of hydrogen-bond donors (Lipinski definition) is 2. The summed E-state index contributed by atoms with van der Waals surface area (Å²) < 4.78 is 0. The summed E-state index contributed by atoms with van der Waals surface area (Å²) in [7, 11) is 4.07. The molecule has 0 aliphatic heterocycles. The fourth-order valence-electron chi connectivity index (χ4n) is 1.97. The van der Waals surface area contributed by atoms with E-state index in [1.807, 2.05) is 38.4 Å². The van der Waals surface area contributed by atoms with Gasteiger partial charge in [-0.3, -0.25) is 4.79 Å². The van der Waals surface area contributed by atoms with E-state index in [2.05, 4.69) is 21.3 Å². The highest BCUT2D eigenvalue weighted by Crippen LogP contribution is 2.10. The van der Waals surface area contributed by atoms with Gasteiger partial charge in [-0.2, -0.15) is 0 Å². The van der Waals surface area contributed by atoms with Gasteiger partial charge in [0.2, 0.25) is 0 Å². The van der Waals surface area contributed by atoms with E-state index >= 15 is 0 Å². The first-order valence-electron chi connectivity index (χ1n) is 6.30. The van der Waals surface area contributed by atoms with E-state index in [4.69, 9.17) is 0 Å². The van der Waals surface area contributed by atoms with Gasteiger partial charge >= 0.3 is 0 Å². The molecule has 0 fully saturated rings. The maximum atomic E-state index is 11.9. The number of H-pyrrole nitrogens is 1. The van der Waals surface area contributed by atoms with Crippen LogP contribution in [0.25, 0.3) is 0 Å². The van der Waals surface area contributed by atoms with Crippen LogP contribution in [0.15, 0.2) is 42.6 Å². The number of nitrogens with one attached hydrogen (secondary N) is 2. The quantitative estimate of drug-likeness (QED) is 0.860. The molecule has 1 heterocycles. The molecule has 4 heteroatoms. The fourth-order valence-corrected chi connectivity index (χ4v) is 1.97. The van der Waals surface area contributed by atoms with Crippen molar-refractivity contribution in [3.8, 4) is 0 Å². The Bertz CT molecular complexity index is 532. The van der Waals surface area contributed by atoms with Crippen LogP contribution in [0.2, 0.25) is 0 Å². The molecule has 100 valence electrons. The summed E-state index contributed by atoms with van der Waals surface area (Å²) >= 11 is 0. The van der Waals surface area contributed by atoms with Crippen molar-refractivity contribution in [2.24, 2.45) is 0 Å². The Labute approximate surface area is 113 Å². The van der Waals surface area contributed by atoms with Crippen molar-refractivity contribution in [1.29, 1.82) is 0 Å². The van der Waals surface area contributed by atoms with Gasteiger partial charge in [0.15, 0.2) is 0 Å². The zero-order valence-electron chi connectivity index (χ0n) is 11.3. The number of carbonyl (C=O) groups is 1. The number of aromatic amines is 1. The minimum absolute atomic E-state index is 0.0790. The summed E-state index contributed by atoms with van der Waals surface area (Å²) in [6, 6.07) is 11.7. The molecule has 1 amide bonds. The third-order valence-corrected chi connectivity index (χ3v) is 2.89. The molecule has 0 radical (unpaired) electrons. The van der Waals surface area contributed by atoms with E-state index < -0.39 is 0 Å². The third-order valence-electron chi connectivity index (χ3n) is 2.89. The van der Waals surface area contributed by atoms with Gasteiger partial charge in [-0.25, -0.2) is 0 Å². The Morgan fingerprint density at radius 3 is 2.53 bits per heavy atom. The number of nitrogens with zero attached hydrogens (tertiary/aromatic N) is 1. The van der Waals surface area contributed by atoms with E-state index in [-0.39, 0.29) is 5.91 Å². The average Bonchev–Trinajstić information content (AvgIpc) is 2.90. The number of carbonyl (C=O) groups excluding carboxylic acids is 1. The maximum Gasteiger partial charge on any atom is 0.267 e. The highest BCUT2D eigenvalue weighted by Gasteiger charge is 2.07. The van der Waals surface area contributed by atoms with Crippen LogP contribution in [0.1, 0.15) is 21.6 Å². The lowest BCUT2D eigenvalue weighted by Gasteiger charge is -2.14. The van der Waals surface area contributed by atoms with Gasteiger partial charge in [-0.15, -0.1) is 0 Å². The summed E-state index contributed by atoms with van der Waals surface area (Å²) in [5, 5.41) is 2.93. The SMILES string of the molecule is CN(C)Cc1ccccc1CNC(=O)c1ccc[nH]1. The first-order chi connectivity index (χ1) is 9.16. The van der Waals surface area contributed by atoms with Crippen molar-refractivity contribution in [3.63, 3.8) is 0 Å². The first kappa shape index (κ1) is 13.4. The van der Waals surface area contributed by atoms with Crippen LogP contribution in [0.5, 0.6) is 0 Å². The van der Waals surface area contributed by atoms with Crippen molar-refractivity contribution in [3.05, 3.63) is 59.4 Å². The van der Waals surface area contributed by atoms with Gasteiger partial charge in [0.1, 0.15) is 5.69 Å². The van der Waals surface area contributed by atoms with E-state index in [0.29, 0.717) is 12.2 Å². The largest absolute Gasteiger partial charge is 0.357 e. The third kappa shape index (κ3) is 3.69. The number of aromatic nitrogens is 1. The topological polar surface area (TPSA) is 48.1 Å². The molecule has 0 bridgehead atoms. The highest BCUT2D eigenvalue weighted by atomic mass is 16.1. The Balaban J connectivity index is 2.01. The van der Waals surface area contributed by atoms with Gasteiger partial charge < -0.3 is 15.2 Å². The summed E-state index contributed by atoms with van der Waals surface area (Å²) in [4.78, 5) is 16.9. The predicted octanol–water partition coefficient (Wildman–Crippen LogP) is 2.01. The van der Waals surface area contributed by atoms with Gasteiger partial charge in [0.25, 0.3) is 5.91 Å². The predicted molar refractivity (Wildman–Crippen MR) is 75.8 cm³/mol. The second kappa shape index (κ2) is 6.20. The molecular weight excluding hydrogens is 238 g/mol. The van der Waals surface area contributed by atoms with E-state index in [1.54, 1.807) is 12.3 Å². The Kier molecular flexibility index (Phi) is 4.36. The molecule has 1 aromatic heterocycles. The van der Waals surface area contributed by atoms with Gasteiger partial charge in [0.05, 0.1) is 0 Å². The van der Waals surface area contributed by atoms with Crippen LogP contribution in [0, 0.1) is 0 Å². The second-order valence-corrected chi connectivity index (χ2v) is 4.77. The van der Waals surface area contributed by atoms with E-state index in [0.717, 1.165) is 12.1 Å². The molecule has 0 aliphatic carbocycles. The average molecular weight is 257 g/mol. The molecule has 2 aromatic rings. The molecule has 1 aromatic carbocycles. The molecule has 2 N–H and O–H groups in total. The summed E-state index contributed by atoms with van der Waals surface area (Å²) in [6.07, 6.45) is 1.74. The lowest BCUT2D eigenvalue weighted by Crippen LogP contribution is -2.24. The molecule has 0 aliphatic rings. The zero-order chi connectivity index (χ0) is 13.7. The monoisotopic (exact) mass is 257 g/mol. The molecule has 0 atom stereocenters. The lowest BCUT2D eigenvalue weighted by atomic mass is 10.1. The minimum Gasteiger partial charge on any atom is -0.357 e. The fraction of sp³-hybridized carbons (Fsp3) is 0.267. The summed E-state index contributed by atoms with van der Waals surface area (Å²) in [5.74, 6) is -0.0790. The van der Waals surface area contributed by atoms with Crippen molar-refractivity contribution in [2.75, 3.05) is 14.1 Å². The molecule has 0 unspecified atom stereocenters. The van der Waals surface area contributed by atoms with E-state index in [9.17, 15) is 4.79 Å². The number of amides is 1. The van der Waals surface area contributed by atoms with Gasteiger partial charge in [-0.05, 0) is 37.4 Å².